The third-order valence-electron chi connectivity index (χ3n) is 4.15. The monoisotopic (exact) mass is 338 g/mol. The molecule has 1 aromatic heterocycles. The Morgan fingerprint density at radius 1 is 1.22 bits per heavy atom. The van der Waals surface area contributed by atoms with E-state index in [4.69, 9.17) is 16.3 Å². The lowest BCUT2D eigenvalue weighted by Gasteiger charge is -2.46. The van der Waals surface area contributed by atoms with Crippen LogP contribution in [0.25, 0.3) is 0 Å². The van der Waals surface area contributed by atoms with Crippen LogP contribution in [-0.4, -0.2) is 52.7 Å². The maximum atomic E-state index is 12.3. The molecular weight excluding hydrogens is 316 g/mol. The van der Waals surface area contributed by atoms with E-state index in [1.54, 1.807) is 12.4 Å². The molecular formula is C16H23ClN4O2. The van der Waals surface area contributed by atoms with Crippen molar-refractivity contribution < 1.29 is 9.53 Å². The van der Waals surface area contributed by atoms with E-state index in [0.29, 0.717) is 17.0 Å². The zero-order valence-electron chi connectivity index (χ0n) is 13.8. The summed E-state index contributed by atoms with van der Waals surface area (Å²) in [5.74, 6) is 1.67. The average Bonchev–Trinajstić information content (AvgIpc) is 2.44. The highest BCUT2D eigenvalue weighted by Crippen LogP contribution is 2.31. The summed E-state index contributed by atoms with van der Waals surface area (Å²) in [5, 5.41) is 0.411. The molecule has 2 atom stereocenters. The first kappa shape index (κ1) is 16.3. The molecule has 1 aromatic rings. The van der Waals surface area contributed by atoms with Gasteiger partial charge in [-0.1, -0.05) is 11.6 Å². The van der Waals surface area contributed by atoms with Crippen molar-refractivity contribution in [3.8, 4) is 0 Å². The van der Waals surface area contributed by atoms with Crippen molar-refractivity contribution in [3.63, 3.8) is 0 Å². The van der Waals surface area contributed by atoms with Gasteiger partial charge < -0.3 is 14.5 Å². The highest BCUT2D eigenvalue weighted by molar-refractivity contribution is 6.29. The minimum absolute atomic E-state index is 0.205. The van der Waals surface area contributed by atoms with Crippen molar-refractivity contribution in [1.29, 1.82) is 0 Å². The molecule has 2 fully saturated rings. The number of halogens is 1. The van der Waals surface area contributed by atoms with Crippen LogP contribution in [0.1, 0.15) is 27.2 Å². The Labute approximate surface area is 141 Å². The summed E-state index contributed by atoms with van der Waals surface area (Å²) in [5.41, 5.74) is -0.452. The lowest BCUT2D eigenvalue weighted by Crippen LogP contribution is -2.55. The van der Waals surface area contributed by atoms with Gasteiger partial charge in [-0.3, -0.25) is 4.98 Å². The molecule has 0 radical (unpaired) electrons. The topological polar surface area (TPSA) is 58.6 Å². The predicted molar refractivity (Wildman–Crippen MR) is 88.7 cm³/mol. The van der Waals surface area contributed by atoms with Gasteiger partial charge in [0, 0.05) is 26.2 Å². The average molecular weight is 339 g/mol. The van der Waals surface area contributed by atoms with Crippen LogP contribution in [0.3, 0.4) is 0 Å². The van der Waals surface area contributed by atoms with Crippen molar-refractivity contribution in [2.45, 2.75) is 32.8 Å². The second kappa shape index (κ2) is 6.15. The fourth-order valence-corrected chi connectivity index (χ4v) is 3.57. The van der Waals surface area contributed by atoms with Crippen molar-refractivity contribution in [1.82, 2.24) is 14.9 Å². The second-order valence-electron chi connectivity index (χ2n) is 7.46. The second-order valence-corrected chi connectivity index (χ2v) is 7.85. The van der Waals surface area contributed by atoms with E-state index in [1.165, 1.54) is 0 Å². The van der Waals surface area contributed by atoms with Gasteiger partial charge in [0.1, 0.15) is 16.6 Å². The molecule has 2 aliphatic rings. The normalized spacial score (nSPS) is 24.5. The molecule has 7 heteroatoms. The van der Waals surface area contributed by atoms with Gasteiger partial charge in [-0.15, -0.1) is 0 Å². The van der Waals surface area contributed by atoms with Gasteiger partial charge in [0.25, 0.3) is 0 Å². The largest absolute Gasteiger partial charge is 0.444 e. The van der Waals surface area contributed by atoms with E-state index in [9.17, 15) is 4.79 Å². The summed E-state index contributed by atoms with van der Waals surface area (Å²) < 4.78 is 5.50. The summed E-state index contributed by atoms with van der Waals surface area (Å²) in [6.45, 7) is 8.89. The van der Waals surface area contributed by atoms with Gasteiger partial charge in [-0.25, -0.2) is 9.78 Å². The van der Waals surface area contributed by atoms with E-state index < -0.39 is 5.60 Å². The van der Waals surface area contributed by atoms with E-state index in [1.807, 2.05) is 25.7 Å². The molecule has 3 rings (SSSR count). The Kier molecular flexibility index (Phi) is 4.36. The van der Waals surface area contributed by atoms with Crippen molar-refractivity contribution in [3.05, 3.63) is 17.5 Å². The van der Waals surface area contributed by atoms with Crippen LogP contribution in [0.4, 0.5) is 10.6 Å². The Hall–Kier alpha value is -1.56. The molecule has 6 nitrogen and oxygen atoms in total. The highest BCUT2D eigenvalue weighted by Gasteiger charge is 2.37. The molecule has 2 aliphatic heterocycles. The van der Waals surface area contributed by atoms with Crippen LogP contribution in [0, 0.1) is 11.8 Å². The molecule has 0 aromatic carbocycles. The number of piperidine rings is 2. The number of hydrogen-bond donors (Lipinski definition) is 0. The predicted octanol–water partition coefficient (Wildman–Crippen LogP) is 2.82. The van der Waals surface area contributed by atoms with Crippen LogP contribution in [0.5, 0.6) is 0 Å². The van der Waals surface area contributed by atoms with Crippen LogP contribution in [0.15, 0.2) is 12.4 Å². The zero-order valence-corrected chi connectivity index (χ0v) is 14.6. The lowest BCUT2D eigenvalue weighted by atomic mass is 9.85. The zero-order chi connectivity index (χ0) is 16.6. The van der Waals surface area contributed by atoms with E-state index in [0.717, 1.165) is 38.4 Å². The first-order valence-corrected chi connectivity index (χ1v) is 8.38. The third kappa shape index (κ3) is 4.05. The minimum atomic E-state index is -0.452. The number of carbonyl (C=O) groups is 1. The molecule has 0 aliphatic carbocycles. The summed E-state index contributed by atoms with van der Waals surface area (Å²) in [6.07, 6.45) is 4.23. The van der Waals surface area contributed by atoms with Gasteiger partial charge in [0.2, 0.25) is 0 Å². The maximum absolute atomic E-state index is 12.3. The Morgan fingerprint density at radius 2 is 1.87 bits per heavy atom. The van der Waals surface area contributed by atoms with Crippen molar-refractivity contribution in [2.24, 2.45) is 11.8 Å². The number of likely N-dealkylation sites (tertiary alicyclic amines) is 1. The molecule has 2 saturated heterocycles. The van der Waals surface area contributed by atoms with Crippen LogP contribution in [0.2, 0.25) is 5.15 Å². The Balaban J connectivity index is 1.65. The van der Waals surface area contributed by atoms with Gasteiger partial charge in [0.15, 0.2) is 0 Å². The molecule has 0 N–H and O–H groups in total. The minimum Gasteiger partial charge on any atom is -0.444 e. The SMILES string of the molecule is CC(C)(C)OC(=O)N1CC2CC(C1)CN(c1cncc(Cl)n1)C2. The van der Waals surface area contributed by atoms with Gasteiger partial charge in [-0.05, 0) is 39.0 Å². The molecule has 0 saturated carbocycles. The number of anilines is 1. The number of ether oxygens (including phenoxy) is 1. The number of fused-ring (bicyclic) bond motifs is 2. The Bertz CT molecular complexity index is 576. The molecule has 0 spiro atoms. The van der Waals surface area contributed by atoms with Crippen LogP contribution < -0.4 is 4.90 Å². The molecule has 23 heavy (non-hydrogen) atoms. The fourth-order valence-electron chi connectivity index (χ4n) is 3.43. The standard InChI is InChI=1S/C16H23ClN4O2/c1-16(2,3)23-15(22)21-9-11-4-12(10-21)8-20(7-11)14-6-18-5-13(17)19-14/h5-6,11-12H,4,7-10H2,1-3H3. The number of hydrogen-bond acceptors (Lipinski definition) is 5. The Morgan fingerprint density at radius 3 is 2.43 bits per heavy atom. The molecule has 2 unspecified atom stereocenters. The number of carbonyl (C=O) groups excluding carboxylic acids is 1. The smallest absolute Gasteiger partial charge is 0.410 e. The number of amides is 1. The van der Waals surface area contributed by atoms with Crippen LogP contribution in [-0.2, 0) is 4.74 Å². The highest BCUT2D eigenvalue weighted by atomic mass is 35.5. The molecule has 1 amide bonds. The van der Waals surface area contributed by atoms with Gasteiger partial charge in [0.05, 0.1) is 12.4 Å². The first-order valence-electron chi connectivity index (χ1n) is 8.00. The van der Waals surface area contributed by atoms with E-state index in [2.05, 4.69) is 14.9 Å². The van der Waals surface area contributed by atoms with Gasteiger partial charge >= 0.3 is 6.09 Å². The van der Waals surface area contributed by atoms with Crippen molar-refractivity contribution in [2.75, 3.05) is 31.1 Å². The number of rotatable bonds is 1. The van der Waals surface area contributed by atoms with Crippen molar-refractivity contribution >= 4 is 23.5 Å². The van der Waals surface area contributed by atoms with E-state index >= 15 is 0 Å². The number of aromatic nitrogens is 2. The molecule has 3 heterocycles. The van der Waals surface area contributed by atoms with Crippen LogP contribution >= 0.6 is 11.6 Å². The lowest BCUT2D eigenvalue weighted by molar-refractivity contribution is 0.00758. The summed E-state index contributed by atoms with van der Waals surface area (Å²) in [4.78, 5) is 24.8. The number of nitrogens with zero attached hydrogens (tertiary/aromatic N) is 4. The quantitative estimate of drug-likeness (QED) is 0.788. The summed E-state index contributed by atoms with van der Waals surface area (Å²) >= 11 is 5.94. The molecule has 2 bridgehead atoms. The summed E-state index contributed by atoms with van der Waals surface area (Å²) in [6, 6.07) is 0. The van der Waals surface area contributed by atoms with Gasteiger partial charge in [-0.2, -0.15) is 0 Å². The first-order chi connectivity index (χ1) is 10.8. The molecule has 126 valence electrons. The van der Waals surface area contributed by atoms with E-state index in [-0.39, 0.29) is 6.09 Å². The fraction of sp³-hybridized carbons (Fsp3) is 0.688. The summed E-state index contributed by atoms with van der Waals surface area (Å²) in [7, 11) is 0. The third-order valence-corrected chi connectivity index (χ3v) is 4.33. The maximum Gasteiger partial charge on any atom is 0.410 e.